The summed E-state index contributed by atoms with van der Waals surface area (Å²) in [6.07, 6.45) is 3.64. The molecule has 3 rings (SSSR count). The number of pyridine rings is 1. The van der Waals surface area contributed by atoms with Crippen LogP contribution in [0.15, 0.2) is 30.3 Å². The van der Waals surface area contributed by atoms with Crippen LogP contribution in [0.4, 0.5) is 0 Å². The lowest BCUT2D eigenvalue weighted by molar-refractivity contribution is 0.419. The van der Waals surface area contributed by atoms with Crippen molar-refractivity contribution in [2.45, 2.75) is 25.3 Å². The number of nitrogens with one attached hydrogen (secondary N) is 1. The van der Waals surface area contributed by atoms with Gasteiger partial charge in [-0.15, -0.1) is 0 Å². The SMILES string of the molecule is COc1cccc2ccc(CCNC3CC3)nc12. The lowest BCUT2D eigenvalue weighted by Crippen LogP contribution is -2.19. The van der Waals surface area contributed by atoms with Gasteiger partial charge in [-0.2, -0.15) is 0 Å². The van der Waals surface area contributed by atoms with E-state index in [0.29, 0.717) is 0 Å². The van der Waals surface area contributed by atoms with Gasteiger partial charge in [0, 0.05) is 30.1 Å². The van der Waals surface area contributed by atoms with Gasteiger partial charge in [0.15, 0.2) is 0 Å². The van der Waals surface area contributed by atoms with Crippen molar-refractivity contribution >= 4 is 10.9 Å². The molecule has 0 aliphatic heterocycles. The summed E-state index contributed by atoms with van der Waals surface area (Å²) in [7, 11) is 1.69. The van der Waals surface area contributed by atoms with Gasteiger partial charge in [0.25, 0.3) is 0 Å². The molecule has 1 heterocycles. The molecule has 0 saturated heterocycles. The molecule has 2 aromatic rings. The van der Waals surface area contributed by atoms with Gasteiger partial charge in [-0.3, -0.25) is 0 Å². The topological polar surface area (TPSA) is 34.1 Å². The molecule has 1 aromatic carbocycles. The highest BCUT2D eigenvalue weighted by Gasteiger charge is 2.19. The molecule has 1 N–H and O–H groups in total. The maximum atomic E-state index is 5.36. The van der Waals surface area contributed by atoms with Crippen LogP contribution in [-0.4, -0.2) is 24.7 Å². The second kappa shape index (κ2) is 4.94. The normalized spacial score (nSPS) is 14.9. The van der Waals surface area contributed by atoms with Gasteiger partial charge in [-0.05, 0) is 25.0 Å². The van der Waals surface area contributed by atoms with Crippen molar-refractivity contribution in [1.29, 1.82) is 0 Å². The van der Waals surface area contributed by atoms with Crippen molar-refractivity contribution in [3.63, 3.8) is 0 Å². The van der Waals surface area contributed by atoms with Crippen LogP contribution in [0.25, 0.3) is 10.9 Å². The Kier molecular flexibility index (Phi) is 3.15. The Morgan fingerprint density at radius 2 is 2.17 bits per heavy atom. The Morgan fingerprint density at radius 1 is 1.28 bits per heavy atom. The monoisotopic (exact) mass is 242 g/mol. The van der Waals surface area contributed by atoms with Crippen molar-refractivity contribution in [2.24, 2.45) is 0 Å². The van der Waals surface area contributed by atoms with Crippen LogP contribution in [0, 0.1) is 0 Å². The maximum absolute atomic E-state index is 5.36. The van der Waals surface area contributed by atoms with E-state index < -0.39 is 0 Å². The molecule has 0 atom stereocenters. The molecule has 1 aliphatic rings. The highest BCUT2D eigenvalue weighted by Crippen LogP contribution is 2.23. The second-order valence-electron chi connectivity index (χ2n) is 4.81. The number of fused-ring (bicyclic) bond motifs is 1. The number of hydrogen-bond donors (Lipinski definition) is 1. The lowest BCUT2D eigenvalue weighted by atomic mass is 10.1. The fourth-order valence-corrected chi connectivity index (χ4v) is 2.16. The maximum Gasteiger partial charge on any atom is 0.145 e. The zero-order valence-corrected chi connectivity index (χ0v) is 10.6. The van der Waals surface area contributed by atoms with Gasteiger partial charge in [0.1, 0.15) is 11.3 Å². The molecule has 3 heteroatoms. The van der Waals surface area contributed by atoms with Crippen LogP contribution >= 0.6 is 0 Å². The summed E-state index contributed by atoms with van der Waals surface area (Å²) in [5, 5.41) is 4.64. The average Bonchev–Trinajstić information content (AvgIpc) is 3.22. The first-order valence-corrected chi connectivity index (χ1v) is 6.53. The molecule has 0 bridgehead atoms. The molecule has 0 radical (unpaired) electrons. The molecule has 0 spiro atoms. The summed E-state index contributed by atoms with van der Waals surface area (Å²) in [5.41, 5.74) is 2.09. The predicted octanol–water partition coefficient (Wildman–Crippen LogP) is 2.54. The Balaban J connectivity index is 1.79. The quantitative estimate of drug-likeness (QED) is 0.875. The van der Waals surface area contributed by atoms with Gasteiger partial charge < -0.3 is 10.1 Å². The fraction of sp³-hybridized carbons (Fsp3) is 0.400. The van der Waals surface area contributed by atoms with E-state index in [-0.39, 0.29) is 0 Å². The second-order valence-corrected chi connectivity index (χ2v) is 4.81. The fourth-order valence-electron chi connectivity index (χ4n) is 2.16. The third kappa shape index (κ3) is 2.46. The van der Waals surface area contributed by atoms with E-state index in [0.717, 1.165) is 41.4 Å². The molecular weight excluding hydrogens is 224 g/mol. The van der Waals surface area contributed by atoms with E-state index in [9.17, 15) is 0 Å². The number of methoxy groups -OCH3 is 1. The van der Waals surface area contributed by atoms with Crippen molar-refractivity contribution in [2.75, 3.05) is 13.7 Å². The standard InChI is InChI=1S/C15H18N2O/c1-18-14-4-2-3-11-5-6-13(17-15(11)14)9-10-16-12-7-8-12/h2-6,12,16H,7-10H2,1H3. The van der Waals surface area contributed by atoms with Gasteiger partial charge in [-0.25, -0.2) is 4.98 Å². The summed E-state index contributed by atoms with van der Waals surface area (Å²) in [6.45, 7) is 1.01. The third-order valence-electron chi connectivity index (χ3n) is 3.35. The molecule has 1 aliphatic carbocycles. The van der Waals surface area contributed by atoms with E-state index in [4.69, 9.17) is 9.72 Å². The molecule has 3 nitrogen and oxygen atoms in total. The van der Waals surface area contributed by atoms with Crippen LogP contribution < -0.4 is 10.1 Å². The summed E-state index contributed by atoms with van der Waals surface area (Å²) >= 11 is 0. The molecule has 0 amide bonds. The van der Waals surface area contributed by atoms with Crippen LogP contribution in [0.2, 0.25) is 0 Å². The zero-order chi connectivity index (χ0) is 12.4. The molecule has 1 fully saturated rings. The van der Waals surface area contributed by atoms with E-state index in [1.165, 1.54) is 12.8 Å². The minimum Gasteiger partial charge on any atom is -0.494 e. The van der Waals surface area contributed by atoms with Gasteiger partial charge in [-0.1, -0.05) is 18.2 Å². The number of aromatic nitrogens is 1. The minimum absolute atomic E-state index is 0.764. The van der Waals surface area contributed by atoms with E-state index in [2.05, 4.69) is 23.5 Å². The van der Waals surface area contributed by atoms with E-state index in [1.54, 1.807) is 7.11 Å². The number of nitrogens with zero attached hydrogens (tertiary/aromatic N) is 1. The van der Waals surface area contributed by atoms with Gasteiger partial charge in [0.2, 0.25) is 0 Å². The summed E-state index contributed by atoms with van der Waals surface area (Å²) in [6, 6.07) is 11.0. The van der Waals surface area contributed by atoms with Crippen LogP contribution in [0.5, 0.6) is 5.75 Å². The van der Waals surface area contributed by atoms with Crippen molar-refractivity contribution in [3.05, 3.63) is 36.0 Å². The molecule has 1 saturated carbocycles. The number of rotatable bonds is 5. The molecule has 0 unspecified atom stereocenters. The lowest BCUT2D eigenvalue weighted by Gasteiger charge is -2.07. The number of para-hydroxylation sites is 1. The van der Waals surface area contributed by atoms with Gasteiger partial charge in [0.05, 0.1) is 7.11 Å². The Bertz CT molecular complexity index is 549. The first-order chi connectivity index (χ1) is 8.86. The molecule has 94 valence electrons. The number of ether oxygens (including phenoxy) is 1. The Hall–Kier alpha value is -1.61. The third-order valence-corrected chi connectivity index (χ3v) is 3.35. The summed E-state index contributed by atoms with van der Waals surface area (Å²) < 4.78 is 5.36. The summed E-state index contributed by atoms with van der Waals surface area (Å²) in [5.74, 6) is 0.851. The minimum atomic E-state index is 0.764. The number of benzene rings is 1. The van der Waals surface area contributed by atoms with E-state index >= 15 is 0 Å². The molecule has 18 heavy (non-hydrogen) atoms. The first-order valence-electron chi connectivity index (χ1n) is 6.53. The van der Waals surface area contributed by atoms with Crippen molar-refractivity contribution in [1.82, 2.24) is 10.3 Å². The van der Waals surface area contributed by atoms with Crippen LogP contribution in [-0.2, 0) is 6.42 Å². The Labute approximate surface area is 107 Å². The zero-order valence-electron chi connectivity index (χ0n) is 10.6. The van der Waals surface area contributed by atoms with Gasteiger partial charge >= 0.3 is 0 Å². The number of hydrogen-bond acceptors (Lipinski definition) is 3. The van der Waals surface area contributed by atoms with Crippen LogP contribution in [0.3, 0.4) is 0 Å². The largest absolute Gasteiger partial charge is 0.494 e. The van der Waals surface area contributed by atoms with Crippen LogP contribution in [0.1, 0.15) is 18.5 Å². The van der Waals surface area contributed by atoms with E-state index in [1.807, 2.05) is 12.1 Å². The van der Waals surface area contributed by atoms with Crippen molar-refractivity contribution < 1.29 is 4.74 Å². The predicted molar refractivity (Wildman–Crippen MR) is 73.0 cm³/mol. The highest BCUT2D eigenvalue weighted by molar-refractivity contribution is 5.84. The molecule has 1 aromatic heterocycles. The average molecular weight is 242 g/mol. The Morgan fingerprint density at radius 3 is 2.94 bits per heavy atom. The highest BCUT2D eigenvalue weighted by atomic mass is 16.5. The smallest absolute Gasteiger partial charge is 0.145 e. The van der Waals surface area contributed by atoms with Crippen molar-refractivity contribution in [3.8, 4) is 5.75 Å². The molecular formula is C15H18N2O. The summed E-state index contributed by atoms with van der Waals surface area (Å²) in [4.78, 5) is 4.70. The first kappa shape index (κ1) is 11.5.